The van der Waals surface area contributed by atoms with Gasteiger partial charge in [-0.1, -0.05) is 0 Å². The second-order valence-electron chi connectivity index (χ2n) is 3.64. The van der Waals surface area contributed by atoms with Crippen LogP contribution < -0.4 is 0 Å². The SMILES string of the molecule is CN1CCCN(CCC(=O)O)CC1. The van der Waals surface area contributed by atoms with Gasteiger partial charge in [-0.05, 0) is 26.6 Å². The van der Waals surface area contributed by atoms with Crippen molar-refractivity contribution < 1.29 is 9.90 Å². The molecular formula is C9H18N2O2. The molecule has 4 nitrogen and oxygen atoms in total. The van der Waals surface area contributed by atoms with Crippen LogP contribution in [0.15, 0.2) is 0 Å². The van der Waals surface area contributed by atoms with Gasteiger partial charge >= 0.3 is 5.97 Å². The first-order valence-electron chi connectivity index (χ1n) is 4.81. The van der Waals surface area contributed by atoms with Crippen molar-refractivity contribution in [1.29, 1.82) is 0 Å². The van der Waals surface area contributed by atoms with Crippen LogP contribution in [-0.2, 0) is 4.79 Å². The van der Waals surface area contributed by atoms with E-state index in [0.29, 0.717) is 6.54 Å². The molecule has 0 aliphatic carbocycles. The minimum absolute atomic E-state index is 0.268. The normalized spacial score (nSPS) is 21.3. The third-order valence-corrected chi connectivity index (χ3v) is 2.45. The molecule has 1 rings (SSSR count). The molecule has 0 aromatic carbocycles. The Balaban J connectivity index is 2.22. The Labute approximate surface area is 79.1 Å². The maximum Gasteiger partial charge on any atom is 0.304 e. The number of likely N-dealkylation sites (N-methyl/N-ethyl adjacent to an activating group) is 1. The van der Waals surface area contributed by atoms with E-state index in [2.05, 4.69) is 16.8 Å². The Bertz CT molecular complexity index is 173. The predicted octanol–water partition coefficient (Wildman–Crippen LogP) is 0.0986. The van der Waals surface area contributed by atoms with Gasteiger partial charge in [0.1, 0.15) is 0 Å². The summed E-state index contributed by atoms with van der Waals surface area (Å²) in [6.45, 7) is 4.92. The van der Waals surface area contributed by atoms with E-state index in [-0.39, 0.29) is 6.42 Å². The summed E-state index contributed by atoms with van der Waals surface area (Å²) >= 11 is 0. The Kier molecular flexibility index (Phi) is 4.18. The monoisotopic (exact) mass is 186 g/mol. The summed E-state index contributed by atoms with van der Waals surface area (Å²) < 4.78 is 0. The average Bonchev–Trinajstić information content (AvgIpc) is 2.27. The second kappa shape index (κ2) is 5.19. The topological polar surface area (TPSA) is 43.8 Å². The van der Waals surface area contributed by atoms with Crippen LogP contribution in [0.5, 0.6) is 0 Å². The van der Waals surface area contributed by atoms with Crippen molar-refractivity contribution in [3.05, 3.63) is 0 Å². The maximum atomic E-state index is 10.4. The third-order valence-electron chi connectivity index (χ3n) is 2.45. The van der Waals surface area contributed by atoms with Gasteiger partial charge in [-0.3, -0.25) is 4.79 Å². The molecule has 1 aliphatic rings. The van der Waals surface area contributed by atoms with Gasteiger partial charge in [0.05, 0.1) is 6.42 Å². The third kappa shape index (κ3) is 4.24. The van der Waals surface area contributed by atoms with E-state index in [1.807, 2.05) is 0 Å². The number of carboxylic acid groups (broad SMARTS) is 1. The number of carbonyl (C=O) groups is 1. The molecule has 0 saturated carbocycles. The van der Waals surface area contributed by atoms with Crippen LogP contribution in [0, 0.1) is 0 Å². The van der Waals surface area contributed by atoms with E-state index in [1.54, 1.807) is 0 Å². The highest BCUT2D eigenvalue weighted by Crippen LogP contribution is 2.01. The van der Waals surface area contributed by atoms with Crippen molar-refractivity contribution in [2.75, 3.05) is 39.8 Å². The zero-order valence-electron chi connectivity index (χ0n) is 8.20. The molecule has 1 heterocycles. The molecule has 4 heteroatoms. The van der Waals surface area contributed by atoms with Crippen LogP contribution in [-0.4, -0.2) is 60.6 Å². The van der Waals surface area contributed by atoms with E-state index >= 15 is 0 Å². The molecular weight excluding hydrogens is 168 g/mol. The van der Waals surface area contributed by atoms with Gasteiger partial charge in [0, 0.05) is 19.6 Å². The lowest BCUT2D eigenvalue weighted by Crippen LogP contribution is -2.30. The summed E-state index contributed by atoms with van der Waals surface area (Å²) in [6, 6.07) is 0. The van der Waals surface area contributed by atoms with E-state index in [1.165, 1.54) is 0 Å². The van der Waals surface area contributed by atoms with Gasteiger partial charge in [0.2, 0.25) is 0 Å². The Hall–Kier alpha value is -0.610. The highest BCUT2D eigenvalue weighted by atomic mass is 16.4. The molecule has 0 radical (unpaired) electrons. The lowest BCUT2D eigenvalue weighted by atomic mass is 10.3. The first-order valence-corrected chi connectivity index (χ1v) is 4.81. The maximum absolute atomic E-state index is 10.4. The number of rotatable bonds is 3. The van der Waals surface area contributed by atoms with Crippen LogP contribution >= 0.6 is 0 Å². The fraction of sp³-hybridized carbons (Fsp3) is 0.889. The summed E-state index contributed by atoms with van der Waals surface area (Å²) in [5.74, 6) is -0.697. The summed E-state index contributed by atoms with van der Waals surface area (Å²) in [5.41, 5.74) is 0. The second-order valence-corrected chi connectivity index (χ2v) is 3.64. The highest BCUT2D eigenvalue weighted by Gasteiger charge is 2.12. The predicted molar refractivity (Wildman–Crippen MR) is 50.8 cm³/mol. The number of hydrogen-bond acceptors (Lipinski definition) is 3. The summed E-state index contributed by atoms with van der Waals surface area (Å²) in [5, 5.41) is 8.53. The fourth-order valence-corrected chi connectivity index (χ4v) is 1.58. The molecule has 1 saturated heterocycles. The summed E-state index contributed by atoms with van der Waals surface area (Å²) in [6.07, 6.45) is 1.42. The molecule has 0 aromatic rings. The molecule has 1 N–H and O–H groups in total. The Morgan fingerprint density at radius 2 is 2.08 bits per heavy atom. The van der Waals surface area contributed by atoms with E-state index < -0.39 is 5.97 Å². The Morgan fingerprint density at radius 1 is 1.31 bits per heavy atom. The summed E-state index contributed by atoms with van der Waals surface area (Å²) in [7, 11) is 2.11. The minimum Gasteiger partial charge on any atom is -0.481 e. The zero-order valence-corrected chi connectivity index (χ0v) is 8.20. The van der Waals surface area contributed by atoms with Crippen molar-refractivity contribution in [3.8, 4) is 0 Å². The van der Waals surface area contributed by atoms with Crippen molar-refractivity contribution in [3.63, 3.8) is 0 Å². The molecule has 0 unspecified atom stereocenters. The zero-order chi connectivity index (χ0) is 9.68. The molecule has 13 heavy (non-hydrogen) atoms. The number of hydrogen-bond donors (Lipinski definition) is 1. The quantitative estimate of drug-likeness (QED) is 0.679. The van der Waals surface area contributed by atoms with Crippen molar-refractivity contribution in [2.24, 2.45) is 0 Å². The van der Waals surface area contributed by atoms with Crippen LogP contribution in [0.3, 0.4) is 0 Å². The molecule has 0 spiro atoms. The average molecular weight is 186 g/mol. The summed E-state index contributed by atoms with van der Waals surface area (Å²) in [4.78, 5) is 14.9. The van der Waals surface area contributed by atoms with E-state index in [4.69, 9.17) is 5.11 Å². The molecule has 0 aromatic heterocycles. The Morgan fingerprint density at radius 3 is 2.77 bits per heavy atom. The van der Waals surface area contributed by atoms with Crippen LogP contribution in [0.2, 0.25) is 0 Å². The molecule has 0 atom stereocenters. The molecule has 76 valence electrons. The number of nitrogens with zero attached hydrogens (tertiary/aromatic N) is 2. The lowest BCUT2D eigenvalue weighted by molar-refractivity contribution is -0.137. The van der Waals surface area contributed by atoms with E-state index in [0.717, 1.165) is 32.6 Å². The smallest absolute Gasteiger partial charge is 0.304 e. The molecule has 0 bridgehead atoms. The molecule has 1 fully saturated rings. The fourth-order valence-electron chi connectivity index (χ4n) is 1.58. The standard InChI is InChI=1S/C9H18N2O2/c1-10-4-2-5-11(8-7-10)6-3-9(12)13/h2-8H2,1H3,(H,12,13). The van der Waals surface area contributed by atoms with Gasteiger partial charge < -0.3 is 14.9 Å². The van der Waals surface area contributed by atoms with Crippen molar-refractivity contribution in [1.82, 2.24) is 9.80 Å². The lowest BCUT2D eigenvalue weighted by Gasteiger charge is -2.18. The minimum atomic E-state index is -0.697. The van der Waals surface area contributed by atoms with Crippen LogP contribution in [0.1, 0.15) is 12.8 Å². The van der Waals surface area contributed by atoms with Gasteiger partial charge in [0.15, 0.2) is 0 Å². The molecule has 0 amide bonds. The van der Waals surface area contributed by atoms with E-state index in [9.17, 15) is 4.79 Å². The number of aliphatic carboxylic acids is 1. The molecule has 1 aliphatic heterocycles. The first-order chi connectivity index (χ1) is 6.18. The van der Waals surface area contributed by atoms with Crippen LogP contribution in [0.4, 0.5) is 0 Å². The van der Waals surface area contributed by atoms with Crippen LogP contribution in [0.25, 0.3) is 0 Å². The van der Waals surface area contributed by atoms with Gasteiger partial charge in [-0.2, -0.15) is 0 Å². The largest absolute Gasteiger partial charge is 0.481 e. The van der Waals surface area contributed by atoms with Gasteiger partial charge in [-0.15, -0.1) is 0 Å². The number of carboxylic acids is 1. The van der Waals surface area contributed by atoms with Gasteiger partial charge in [0.25, 0.3) is 0 Å². The highest BCUT2D eigenvalue weighted by molar-refractivity contribution is 5.66. The first kappa shape index (κ1) is 10.5. The van der Waals surface area contributed by atoms with Crippen molar-refractivity contribution >= 4 is 5.97 Å². The van der Waals surface area contributed by atoms with Crippen molar-refractivity contribution in [2.45, 2.75) is 12.8 Å². The van der Waals surface area contributed by atoms with Gasteiger partial charge in [-0.25, -0.2) is 0 Å².